The zero-order chi connectivity index (χ0) is 27.8. The number of hydrogen-bond donors (Lipinski definition) is 1. The fraction of sp³-hybridized carbons (Fsp3) is 0.385. The summed E-state index contributed by atoms with van der Waals surface area (Å²) in [5, 5.41) is 14.3. The quantitative estimate of drug-likeness (QED) is 0.410. The van der Waals surface area contributed by atoms with E-state index in [1.54, 1.807) is 43.0 Å². The minimum Gasteiger partial charge on any atom is -0.508 e. The number of aryl methyl sites for hydroxylation is 2. The number of aromatic nitrogens is 2. The van der Waals surface area contributed by atoms with Crippen molar-refractivity contribution < 1.29 is 36.2 Å². The van der Waals surface area contributed by atoms with Gasteiger partial charge in [-0.2, -0.15) is 31.4 Å². The minimum atomic E-state index is -5.06. The lowest BCUT2D eigenvalue weighted by molar-refractivity contribution is -0.143. The van der Waals surface area contributed by atoms with E-state index in [0.717, 1.165) is 5.56 Å². The molecule has 1 amide bonds. The van der Waals surface area contributed by atoms with Crippen LogP contribution in [0.4, 0.5) is 26.3 Å². The molecule has 4 rings (SSSR count). The molecule has 0 bridgehead atoms. The van der Waals surface area contributed by atoms with Crippen molar-refractivity contribution in [3.8, 4) is 5.75 Å². The van der Waals surface area contributed by atoms with Crippen molar-refractivity contribution in [1.29, 1.82) is 0 Å². The van der Waals surface area contributed by atoms with Crippen molar-refractivity contribution in [1.82, 2.24) is 19.6 Å². The van der Waals surface area contributed by atoms with E-state index >= 15 is 0 Å². The molecule has 0 saturated carbocycles. The van der Waals surface area contributed by atoms with Gasteiger partial charge < -0.3 is 10.0 Å². The Kier molecular flexibility index (Phi) is 8.91. The molecule has 1 saturated heterocycles. The first-order valence-corrected chi connectivity index (χ1v) is 11.8. The van der Waals surface area contributed by atoms with Crippen molar-refractivity contribution in [2.75, 3.05) is 19.6 Å². The van der Waals surface area contributed by atoms with Crippen LogP contribution in [0.15, 0.2) is 48.8 Å². The van der Waals surface area contributed by atoms with Crippen LogP contribution in [0.5, 0.6) is 5.75 Å². The van der Waals surface area contributed by atoms with Crippen LogP contribution in [0.25, 0.3) is 0 Å². The highest BCUT2D eigenvalue weighted by atomic mass is 35.5. The molecule has 3 aromatic rings. The summed E-state index contributed by atoms with van der Waals surface area (Å²) >= 11 is 0. The summed E-state index contributed by atoms with van der Waals surface area (Å²) in [7, 11) is 1.77. The smallest absolute Gasteiger partial charge is 0.416 e. The topological polar surface area (TPSA) is 61.6 Å². The molecule has 0 radical (unpaired) electrons. The lowest BCUT2D eigenvalue weighted by Crippen LogP contribution is -2.55. The lowest BCUT2D eigenvalue weighted by atomic mass is 9.98. The van der Waals surface area contributed by atoms with Gasteiger partial charge in [0.1, 0.15) is 5.75 Å². The highest BCUT2D eigenvalue weighted by Gasteiger charge is 2.39. The second kappa shape index (κ2) is 11.5. The van der Waals surface area contributed by atoms with Crippen molar-refractivity contribution in [2.24, 2.45) is 7.05 Å². The number of carbonyl (C=O) groups excluding carboxylic acids is 1. The number of phenolic OH excluding ortho intramolecular Hbond substituents is 1. The first-order valence-electron chi connectivity index (χ1n) is 11.8. The summed E-state index contributed by atoms with van der Waals surface area (Å²) in [6, 6.07) is 5.39. The van der Waals surface area contributed by atoms with E-state index < -0.39 is 41.0 Å². The predicted octanol–water partition coefficient (Wildman–Crippen LogP) is 5.46. The van der Waals surface area contributed by atoms with Gasteiger partial charge >= 0.3 is 12.4 Å². The number of benzene rings is 2. The molecule has 1 unspecified atom stereocenters. The van der Waals surface area contributed by atoms with Crippen LogP contribution in [-0.4, -0.2) is 56.3 Å². The number of rotatable bonds is 5. The summed E-state index contributed by atoms with van der Waals surface area (Å²) in [5.41, 5.74) is -1.50. The van der Waals surface area contributed by atoms with Gasteiger partial charge in [-0.25, -0.2) is 0 Å². The number of alkyl halides is 6. The Labute approximate surface area is 227 Å². The van der Waals surface area contributed by atoms with Crippen LogP contribution in [-0.2, 0) is 32.4 Å². The zero-order valence-electron chi connectivity index (χ0n) is 21.1. The van der Waals surface area contributed by atoms with Gasteiger partial charge in [0, 0.05) is 56.6 Å². The molecule has 6 nitrogen and oxygen atoms in total. The van der Waals surface area contributed by atoms with Gasteiger partial charge in [0.15, 0.2) is 0 Å². The minimum absolute atomic E-state index is 0. The fourth-order valence-corrected chi connectivity index (χ4v) is 4.62. The molecular weight excluding hydrogens is 550 g/mol. The average Bonchev–Trinajstić information content (AvgIpc) is 3.24. The van der Waals surface area contributed by atoms with Crippen LogP contribution in [0.1, 0.15) is 38.2 Å². The predicted molar refractivity (Wildman–Crippen MR) is 134 cm³/mol. The Morgan fingerprint density at radius 1 is 1.00 bits per heavy atom. The Bertz CT molecular complexity index is 1290. The standard InChI is InChI=1S/C26H26F6N4O2.ClH/c1-16-3-4-17(8-23(16)37)7-22-15-35(14-18-12-33-34(2)13-18)5-6-36(22)24(38)19-9-20(25(27,28)29)11-21(10-19)26(30,31)32;/h3-4,8-13,22,37H,5-7,14-15H2,1-2H3;1H. The molecule has 1 aromatic heterocycles. The lowest BCUT2D eigenvalue weighted by Gasteiger charge is -2.41. The SMILES string of the molecule is Cc1ccc(CC2CN(Cc3cnn(C)c3)CCN2C(=O)c2cc(C(F)(F)F)cc(C(F)(F)F)c2)cc1O.Cl. The number of nitrogens with zero attached hydrogens (tertiary/aromatic N) is 4. The van der Waals surface area contributed by atoms with E-state index in [1.165, 1.54) is 4.90 Å². The summed E-state index contributed by atoms with van der Waals surface area (Å²) in [6.07, 6.45) is -6.33. The van der Waals surface area contributed by atoms with E-state index in [1.807, 2.05) is 11.1 Å². The molecule has 13 heteroatoms. The number of amides is 1. The fourth-order valence-electron chi connectivity index (χ4n) is 4.62. The summed E-state index contributed by atoms with van der Waals surface area (Å²) in [6.45, 7) is 3.01. The van der Waals surface area contributed by atoms with Crippen LogP contribution in [0.2, 0.25) is 0 Å². The third-order valence-corrected chi connectivity index (χ3v) is 6.57. The molecule has 1 fully saturated rings. The highest BCUT2D eigenvalue weighted by molar-refractivity contribution is 5.95. The van der Waals surface area contributed by atoms with Gasteiger partial charge in [-0.15, -0.1) is 12.4 Å². The molecule has 39 heavy (non-hydrogen) atoms. The van der Waals surface area contributed by atoms with Gasteiger partial charge in [-0.05, 0) is 48.7 Å². The molecule has 1 atom stereocenters. The van der Waals surface area contributed by atoms with Crippen molar-refractivity contribution in [2.45, 2.75) is 38.3 Å². The number of aromatic hydroxyl groups is 1. The average molecular weight is 577 g/mol. The second-order valence-electron chi connectivity index (χ2n) is 9.53. The molecule has 1 aliphatic heterocycles. The van der Waals surface area contributed by atoms with E-state index in [-0.39, 0.29) is 37.2 Å². The van der Waals surface area contributed by atoms with Crippen molar-refractivity contribution in [3.63, 3.8) is 0 Å². The van der Waals surface area contributed by atoms with Gasteiger partial charge in [-0.3, -0.25) is 14.4 Å². The number of halogens is 7. The maximum atomic E-state index is 13.5. The van der Waals surface area contributed by atoms with E-state index in [0.29, 0.717) is 42.9 Å². The number of carbonyl (C=O) groups is 1. The Balaban J connectivity index is 0.00000420. The van der Waals surface area contributed by atoms with Crippen LogP contribution < -0.4 is 0 Å². The Hall–Kier alpha value is -3.25. The molecule has 1 aliphatic rings. The molecule has 2 heterocycles. The molecular formula is C26H27ClF6N4O2. The molecule has 2 aromatic carbocycles. The normalized spacial score (nSPS) is 16.7. The van der Waals surface area contributed by atoms with Crippen molar-refractivity contribution in [3.05, 3.63) is 82.2 Å². The van der Waals surface area contributed by atoms with Gasteiger partial charge in [0.05, 0.1) is 17.3 Å². The molecule has 212 valence electrons. The second-order valence-corrected chi connectivity index (χ2v) is 9.53. The maximum absolute atomic E-state index is 13.5. The van der Waals surface area contributed by atoms with Crippen LogP contribution in [0, 0.1) is 6.92 Å². The third-order valence-electron chi connectivity index (χ3n) is 6.57. The summed E-state index contributed by atoms with van der Waals surface area (Å²) < 4.78 is 82.1. The van der Waals surface area contributed by atoms with Crippen molar-refractivity contribution >= 4 is 18.3 Å². The first-order chi connectivity index (χ1) is 17.7. The number of piperazine rings is 1. The van der Waals surface area contributed by atoms with E-state index in [4.69, 9.17) is 0 Å². The molecule has 0 spiro atoms. The van der Waals surface area contributed by atoms with E-state index in [2.05, 4.69) is 5.10 Å². The highest BCUT2D eigenvalue weighted by Crippen LogP contribution is 2.37. The Morgan fingerprint density at radius 2 is 1.64 bits per heavy atom. The van der Waals surface area contributed by atoms with Crippen LogP contribution >= 0.6 is 12.4 Å². The van der Waals surface area contributed by atoms with Gasteiger partial charge in [0.25, 0.3) is 5.91 Å². The Morgan fingerprint density at radius 3 is 2.18 bits per heavy atom. The zero-order valence-corrected chi connectivity index (χ0v) is 21.9. The summed E-state index contributed by atoms with van der Waals surface area (Å²) in [4.78, 5) is 16.8. The van der Waals surface area contributed by atoms with Gasteiger partial charge in [0.2, 0.25) is 0 Å². The molecule has 0 aliphatic carbocycles. The monoisotopic (exact) mass is 576 g/mol. The largest absolute Gasteiger partial charge is 0.508 e. The third kappa shape index (κ3) is 7.24. The molecule has 1 N–H and O–H groups in total. The van der Waals surface area contributed by atoms with Gasteiger partial charge in [-0.1, -0.05) is 12.1 Å². The van der Waals surface area contributed by atoms with Crippen LogP contribution in [0.3, 0.4) is 0 Å². The summed E-state index contributed by atoms with van der Waals surface area (Å²) in [5.74, 6) is -0.861. The maximum Gasteiger partial charge on any atom is 0.416 e. The number of phenols is 1. The van der Waals surface area contributed by atoms with E-state index in [9.17, 15) is 36.2 Å². The first kappa shape index (κ1) is 30.3. The number of hydrogen-bond acceptors (Lipinski definition) is 4.